The highest BCUT2D eigenvalue weighted by atomic mass is 16.6. The van der Waals surface area contributed by atoms with Gasteiger partial charge < -0.3 is 25.4 Å². The predicted molar refractivity (Wildman–Crippen MR) is 99.3 cm³/mol. The number of amides is 1. The Morgan fingerprint density at radius 3 is 2.48 bits per heavy atom. The Balaban J connectivity index is 2.12. The first-order valence-electron chi connectivity index (χ1n) is 8.55. The van der Waals surface area contributed by atoms with Crippen molar-refractivity contribution in [1.29, 1.82) is 0 Å². The standard InChI is InChI=1S/C19H24N2O6/c1-10-14(17(24)25)21-15-12(16(10)23)8-11(9-13(15)22)6-5-7-20-18(26)27-19(2,3)4/h8-9,22H,5-7H2,1-4H3,(H,20,26)(H,21,23)(H,24,25). The van der Waals surface area contributed by atoms with Gasteiger partial charge in [0.2, 0.25) is 0 Å². The fourth-order valence-electron chi connectivity index (χ4n) is 2.63. The van der Waals surface area contributed by atoms with E-state index in [1.807, 2.05) is 0 Å². The summed E-state index contributed by atoms with van der Waals surface area (Å²) in [4.78, 5) is 26.8. The minimum Gasteiger partial charge on any atom is -0.507 e. The average molecular weight is 376 g/mol. The molecule has 1 aromatic carbocycles. The van der Waals surface area contributed by atoms with Crippen molar-refractivity contribution in [1.82, 2.24) is 10.3 Å². The van der Waals surface area contributed by atoms with E-state index in [1.165, 1.54) is 13.0 Å². The lowest BCUT2D eigenvalue weighted by molar-refractivity contribution is 0.0526. The molecular weight excluding hydrogens is 352 g/mol. The van der Waals surface area contributed by atoms with Gasteiger partial charge in [-0.25, -0.2) is 14.6 Å². The number of aromatic hydroxyl groups is 2. The summed E-state index contributed by atoms with van der Waals surface area (Å²) in [6.45, 7) is 7.18. The van der Waals surface area contributed by atoms with Crippen LogP contribution in [-0.2, 0) is 11.2 Å². The fraction of sp³-hybridized carbons (Fsp3) is 0.421. The third-order valence-electron chi connectivity index (χ3n) is 3.85. The van der Waals surface area contributed by atoms with Crippen LogP contribution in [0.4, 0.5) is 4.79 Å². The number of pyridine rings is 1. The molecule has 1 aromatic heterocycles. The van der Waals surface area contributed by atoms with Gasteiger partial charge in [0.05, 0.1) is 0 Å². The lowest BCUT2D eigenvalue weighted by Crippen LogP contribution is -2.33. The molecule has 0 aliphatic carbocycles. The van der Waals surface area contributed by atoms with E-state index in [-0.39, 0.29) is 33.7 Å². The topological polar surface area (TPSA) is 129 Å². The Morgan fingerprint density at radius 2 is 1.89 bits per heavy atom. The highest BCUT2D eigenvalue weighted by Gasteiger charge is 2.19. The van der Waals surface area contributed by atoms with Crippen LogP contribution in [0.5, 0.6) is 11.5 Å². The average Bonchev–Trinajstić information content (AvgIpc) is 2.53. The molecule has 0 radical (unpaired) electrons. The number of carboxylic acids is 1. The molecule has 0 aliphatic heterocycles. The first-order valence-corrected chi connectivity index (χ1v) is 8.55. The number of carbonyl (C=O) groups excluding carboxylic acids is 1. The van der Waals surface area contributed by atoms with E-state index in [0.29, 0.717) is 19.4 Å². The van der Waals surface area contributed by atoms with Gasteiger partial charge in [-0.1, -0.05) is 0 Å². The van der Waals surface area contributed by atoms with Crippen LogP contribution >= 0.6 is 0 Å². The van der Waals surface area contributed by atoms with E-state index >= 15 is 0 Å². The zero-order valence-corrected chi connectivity index (χ0v) is 15.8. The predicted octanol–water partition coefficient (Wildman–Crippen LogP) is 3.11. The second-order valence-electron chi connectivity index (χ2n) is 7.28. The van der Waals surface area contributed by atoms with Gasteiger partial charge in [0, 0.05) is 17.5 Å². The molecule has 1 amide bonds. The van der Waals surface area contributed by atoms with Crippen molar-refractivity contribution in [2.24, 2.45) is 0 Å². The quantitative estimate of drug-likeness (QED) is 0.590. The number of hydrogen-bond acceptors (Lipinski definition) is 6. The number of carbonyl (C=O) groups is 2. The summed E-state index contributed by atoms with van der Waals surface area (Å²) in [5.74, 6) is -1.71. The number of ether oxygens (including phenoxy) is 1. The Morgan fingerprint density at radius 1 is 1.22 bits per heavy atom. The zero-order valence-electron chi connectivity index (χ0n) is 15.8. The maximum atomic E-state index is 11.6. The van der Waals surface area contributed by atoms with Crippen molar-refractivity contribution in [3.8, 4) is 11.5 Å². The third-order valence-corrected chi connectivity index (χ3v) is 3.85. The Labute approximate surface area is 156 Å². The molecule has 0 saturated carbocycles. The van der Waals surface area contributed by atoms with Gasteiger partial charge in [-0.2, -0.15) is 0 Å². The third kappa shape index (κ3) is 4.99. The van der Waals surface area contributed by atoms with Crippen molar-refractivity contribution < 1.29 is 29.6 Å². The number of fused-ring (bicyclic) bond motifs is 1. The summed E-state index contributed by atoms with van der Waals surface area (Å²) >= 11 is 0. The number of aromatic nitrogens is 1. The second-order valence-corrected chi connectivity index (χ2v) is 7.28. The van der Waals surface area contributed by atoms with Gasteiger partial charge in [-0.3, -0.25) is 0 Å². The van der Waals surface area contributed by atoms with E-state index in [4.69, 9.17) is 9.84 Å². The van der Waals surface area contributed by atoms with E-state index in [0.717, 1.165) is 5.56 Å². The molecule has 0 aliphatic rings. The maximum absolute atomic E-state index is 11.6. The van der Waals surface area contributed by atoms with Crippen LogP contribution in [0.2, 0.25) is 0 Å². The molecule has 0 atom stereocenters. The van der Waals surface area contributed by atoms with Crippen LogP contribution in [-0.4, -0.2) is 44.5 Å². The molecular formula is C19H24N2O6. The van der Waals surface area contributed by atoms with E-state index in [9.17, 15) is 19.8 Å². The summed E-state index contributed by atoms with van der Waals surface area (Å²) in [6.07, 6.45) is 0.616. The molecule has 2 aromatic rings. The molecule has 8 nitrogen and oxygen atoms in total. The SMILES string of the molecule is Cc1c(C(=O)O)nc2c(O)cc(CCCNC(=O)OC(C)(C)C)cc2c1O. The number of nitrogens with zero attached hydrogens (tertiary/aromatic N) is 1. The molecule has 146 valence electrons. The Hall–Kier alpha value is -3.03. The van der Waals surface area contributed by atoms with E-state index < -0.39 is 17.7 Å². The van der Waals surface area contributed by atoms with E-state index in [2.05, 4.69) is 10.3 Å². The van der Waals surface area contributed by atoms with Crippen molar-refractivity contribution >= 4 is 23.0 Å². The molecule has 27 heavy (non-hydrogen) atoms. The molecule has 0 bridgehead atoms. The van der Waals surface area contributed by atoms with Crippen LogP contribution in [0.15, 0.2) is 12.1 Å². The van der Waals surface area contributed by atoms with Gasteiger partial charge in [0.1, 0.15) is 22.6 Å². The smallest absolute Gasteiger partial charge is 0.407 e. The number of alkyl carbamates (subject to hydrolysis) is 1. The van der Waals surface area contributed by atoms with Crippen molar-refractivity contribution in [3.63, 3.8) is 0 Å². The minimum absolute atomic E-state index is 0.0335. The molecule has 1 heterocycles. The number of rotatable bonds is 5. The summed E-state index contributed by atoms with van der Waals surface area (Å²) < 4.78 is 5.15. The molecule has 0 fully saturated rings. The van der Waals surface area contributed by atoms with Gasteiger partial charge in [-0.15, -0.1) is 0 Å². The molecule has 0 unspecified atom stereocenters. The normalized spacial score (nSPS) is 11.4. The number of phenolic OH excluding ortho intramolecular Hbond substituents is 1. The van der Waals surface area contributed by atoms with Crippen LogP contribution in [0.3, 0.4) is 0 Å². The first kappa shape index (κ1) is 20.3. The summed E-state index contributed by atoms with van der Waals surface area (Å²) in [5, 5.41) is 32.6. The van der Waals surface area contributed by atoms with Crippen molar-refractivity contribution in [2.75, 3.05) is 6.54 Å². The Kier molecular flexibility index (Phi) is 5.78. The summed E-state index contributed by atoms with van der Waals surface area (Å²) in [6, 6.07) is 3.13. The Bertz CT molecular complexity index is 886. The lowest BCUT2D eigenvalue weighted by atomic mass is 10.0. The summed E-state index contributed by atoms with van der Waals surface area (Å²) in [7, 11) is 0. The molecule has 2 rings (SSSR count). The van der Waals surface area contributed by atoms with Gasteiger partial charge >= 0.3 is 12.1 Å². The maximum Gasteiger partial charge on any atom is 0.407 e. The molecule has 0 spiro atoms. The number of aromatic carboxylic acids is 1. The molecule has 8 heteroatoms. The van der Waals surface area contributed by atoms with Crippen LogP contribution in [0.25, 0.3) is 10.9 Å². The molecule has 4 N–H and O–H groups in total. The van der Waals surface area contributed by atoms with Crippen LogP contribution in [0.1, 0.15) is 48.8 Å². The van der Waals surface area contributed by atoms with Gasteiger partial charge in [0.15, 0.2) is 5.69 Å². The zero-order chi connectivity index (χ0) is 20.4. The number of phenols is 1. The van der Waals surface area contributed by atoms with Gasteiger partial charge in [0.25, 0.3) is 0 Å². The molecule has 0 saturated heterocycles. The highest BCUT2D eigenvalue weighted by Crippen LogP contribution is 2.35. The largest absolute Gasteiger partial charge is 0.507 e. The number of carboxylic acid groups (broad SMARTS) is 1. The van der Waals surface area contributed by atoms with Crippen molar-refractivity contribution in [3.05, 3.63) is 29.0 Å². The first-order chi connectivity index (χ1) is 12.5. The highest BCUT2D eigenvalue weighted by molar-refractivity contribution is 5.97. The second kappa shape index (κ2) is 7.69. The van der Waals surface area contributed by atoms with Crippen LogP contribution in [0, 0.1) is 6.92 Å². The monoisotopic (exact) mass is 376 g/mol. The number of hydrogen-bond donors (Lipinski definition) is 4. The minimum atomic E-state index is -1.28. The van der Waals surface area contributed by atoms with Gasteiger partial charge in [-0.05, 0) is 58.2 Å². The number of aryl methyl sites for hydroxylation is 1. The summed E-state index contributed by atoms with van der Waals surface area (Å²) in [5.41, 5.74) is 0.0326. The number of nitrogens with one attached hydrogen (secondary N) is 1. The fourth-order valence-corrected chi connectivity index (χ4v) is 2.63. The lowest BCUT2D eigenvalue weighted by Gasteiger charge is -2.19. The van der Waals surface area contributed by atoms with Crippen LogP contribution < -0.4 is 5.32 Å². The van der Waals surface area contributed by atoms with Crippen molar-refractivity contribution in [2.45, 2.75) is 46.1 Å². The van der Waals surface area contributed by atoms with E-state index in [1.54, 1.807) is 26.8 Å². The number of benzene rings is 1.